The lowest BCUT2D eigenvalue weighted by atomic mass is 10.1. The van der Waals surface area contributed by atoms with Gasteiger partial charge < -0.3 is 19.7 Å². The maximum Gasteiger partial charge on any atom is 0.262 e. The molecule has 3 rings (SSSR count). The van der Waals surface area contributed by atoms with Gasteiger partial charge in [-0.3, -0.25) is 4.79 Å². The van der Waals surface area contributed by atoms with Gasteiger partial charge in [-0.1, -0.05) is 107 Å². The maximum atomic E-state index is 12.6. The first-order valence-electron chi connectivity index (χ1n) is 15.0. The van der Waals surface area contributed by atoms with E-state index in [1.54, 1.807) is 12.1 Å². The summed E-state index contributed by atoms with van der Waals surface area (Å²) in [5.41, 5.74) is 1.86. The molecule has 0 bridgehead atoms. The van der Waals surface area contributed by atoms with Gasteiger partial charge in [-0.05, 0) is 42.0 Å². The lowest BCUT2D eigenvalue weighted by molar-refractivity contribution is -0.118. The van der Waals surface area contributed by atoms with Gasteiger partial charge >= 0.3 is 0 Å². The summed E-state index contributed by atoms with van der Waals surface area (Å²) in [4.78, 5) is 16.2. The largest absolute Gasteiger partial charge is 0.494 e. The minimum absolute atomic E-state index is 0. The number of carbonyl (C=O) groups excluding carboxylic acids is 1. The average Bonchev–Trinajstić information content (AvgIpc) is 3.36. The predicted molar refractivity (Wildman–Crippen MR) is 181 cm³/mol. The summed E-state index contributed by atoms with van der Waals surface area (Å²) in [7, 11) is 0. The Kier molecular flexibility index (Phi) is 18.1. The topological polar surface area (TPSA) is 50.8 Å². The van der Waals surface area contributed by atoms with Crippen LogP contribution in [0.4, 0.5) is 5.69 Å². The SMILES string of the molecule is Br.CCCCCCCCCCCCCCOc1ccc(OCC(=O)Nc2ccccc2CN2C=C(C)SC2)c(Cl)c1. The van der Waals surface area contributed by atoms with Crippen LogP contribution in [-0.2, 0) is 11.3 Å². The molecule has 1 heterocycles. The molecule has 0 unspecified atom stereocenters. The van der Waals surface area contributed by atoms with Crippen LogP contribution in [0.15, 0.2) is 53.6 Å². The van der Waals surface area contributed by atoms with Crippen molar-refractivity contribution in [3.63, 3.8) is 0 Å². The Morgan fingerprint density at radius 1 is 0.927 bits per heavy atom. The summed E-state index contributed by atoms with van der Waals surface area (Å²) < 4.78 is 11.6. The number of hydrogen-bond acceptors (Lipinski definition) is 5. The van der Waals surface area contributed by atoms with Crippen molar-refractivity contribution < 1.29 is 14.3 Å². The van der Waals surface area contributed by atoms with Gasteiger partial charge in [0.05, 0.1) is 17.5 Å². The Labute approximate surface area is 267 Å². The summed E-state index contributed by atoms with van der Waals surface area (Å²) in [6.07, 6.45) is 18.0. The number of halogens is 2. The molecule has 0 spiro atoms. The Hall–Kier alpha value is -1.83. The van der Waals surface area contributed by atoms with Gasteiger partial charge in [-0.15, -0.1) is 28.7 Å². The maximum absolute atomic E-state index is 12.6. The number of nitrogens with zero attached hydrogens (tertiary/aromatic N) is 1. The number of rotatable bonds is 20. The zero-order valence-electron chi connectivity index (χ0n) is 24.8. The molecule has 0 saturated heterocycles. The third-order valence-electron chi connectivity index (χ3n) is 7.02. The highest BCUT2D eigenvalue weighted by Gasteiger charge is 2.14. The highest BCUT2D eigenvalue weighted by molar-refractivity contribution is 8.93. The molecule has 0 atom stereocenters. The van der Waals surface area contributed by atoms with E-state index in [4.69, 9.17) is 21.1 Å². The summed E-state index contributed by atoms with van der Waals surface area (Å²) in [5, 5.41) is 3.42. The number of allylic oxidation sites excluding steroid dienone is 1. The fourth-order valence-corrected chi connectivity index (χ4v) is 5.74. The van der Waals surface area contributed by atoms with Gasteiger partial charge in [0.2, 0.25) is 0 Å². The summed E-state index contributed by atoms with van der Waals surface area (Å²) in [6.45, 7) is 5.69. The second-order valence-electron chi connectivity index (χ2n) is 10.6. The zero-order chi connectivity index (χ0) is 28.4. The van der Waals surface area contributed by atoms with Crippen molar-refractivity contribution in [1.29, 1.82) is 0 Å². The predicted octanol–water partition coefficient (Wildman–Crippen LogP) is 10.4. The fraction of sp³-hybridized carbons (Fsp3) is 0.545. The van der Waals surface area contributed by atoms with Gasteiger partial charge in [0, 0.05) is 24.5 Å². The molecule has 1 aliphatic heterocycles. The van der Waals surface area contributed by atoms with Gasteiger partial charge in [0.25, 0.3) is 5.91 Å². The number of para-hydroxylation sites is 1. The smallest absolute Gasteiger partial charge is 0.262 e. The second-order valence-corrected chi connectivity index (χ2v) is 12.2. The monoisotopic (exact) mass is 666 g/mol. The summed E-state index contributed by atoms with van der Waals surface area (Å²) in [6, 6.07) is 13.2. The van der Waals surface area contributed by atoms with Crippen LogP contribution in [-0.4, -0.2) is 29.9 Å². The van der Waals surface area contributed by atoms with Crippen LogP contribution in [0.5, 0.6) is 11.5 Å². The molecule has 1 amide bonds. The van der Waals surface area contributed by atoms with Crippen LogP contribution < -0.4 is 14.8 Å². The number of amides is 1. The second kappa shape index (κ2) is 21.0. The van der Waals surface area contributed by atoms with Gasteiger partial charge in [-0.2, -0.15) is 0 Å². The molecule has 1 N–H and O–H groups in total. The van der Waals surface area contributed by atoms with Crippen molar-refractivity contribution in [2.75, 3.05) is 24.4 Å². The van der Waals surface area contributed by atoms with Crippen molar-refractivity contribution in [3.05, 3.63) is 64.2 Å². The molecule has 0 saturated carbocycles. The van der Waals surface area contributed by atoms with Crippen LogP contribution in [0.25, 0.3) is 0 Å². The van der Waals surface area contributed by atoms with Crippen molar-refractivity contribution in [2.24, 2.45) is 0 Å². The van der Waals surface area contributed by atoms with E-state index in [1.165, 1.54) is 75.5 Å². The summed E-state index contributed by atoms with van der Waals surface area (Å²) in [5.74, 6) is 1.90. The van der Waals surface area contributed by atoms with E-state index >= 15 is 0 Å². The fourth-order valence-electron chi connectivity index (χ4n) is 4.76. The molecule has 41 heavy (non-hydrogen) atoms. The molecule has 5 nitrogen and oxygen atoms in total. The number of thioether (sulfide) groups is 1. The normalized spacial score (nSPS) is 12.6. The van der Waals surface area contributed by atoms with Crippen LogP contribution in [0.3, 0.4) is 0 Å². The van der Waals surface area contributed by atoms with Crippen molar-refractivity contribution >= 4 is 51.9 Å². The minimum atomic E-state index is -0.224. The molecule has 0 aromatic heterocycles. The van der Waals surface area contributed by atoms with Gasteiger partial charge in [-0.25, -0.2) is 0 Å². The molecular weight excluding hydrogens is 620 g/mol. The van der Waals surface area contributed by atoms with E-state index in [0.29, 0.717) is 17.4 Å². The van der Waals surface area contributed by atoms with E-state index in [2.05, 4.69) is 30.3 Å². The van der Waals surface area contributed by atoms with Crippen LogP contribution >= 0.6 is 40.3 Å². The highest BCUT2D eigenvalue weighted by atomic mass is 79.9. The average molecular weight is 668 g/mol. The summed E-state index contributed by atoms with van der Waals surface area (Å²) >= 11 is 8.24. The molecule has 1 aliphatic rings. The minimum Gasteiger partial charge on any atom is -0.494 e. The number of benzene rings is 2. The lowest BCUT2D eigenvalue weighted by Crippen LogP contribution is -2.22. The Balaban J connectivity index is 0.00000588. The number of hydrogen-bond donors (Lipinski definition) is 1. The molecule has 0 aliphatic carbocycles. The first-order chi connectivity index (χ1) is 19.5. The third-order valence-corrected chi connectivity index (χ3v) is 8.33. The number of carbonyl (C=O) groups is 1. The highest BCUT2D eigenvalue weighted by Crippen LogP contribution is 2.30. The Morgan fingerprint density at radius 3 is 2.22 bits per heavy atom. The van der Waals surface area contributed by atoms with E-state index in [9.17, 15) is 4.79 Å². The van der Waals surface area contributed by atoms with Crippen LogP contribution in [0.2, 0.25) is 5.02 Å². The van der Waals surface area contributed by atoms with Gasteiger partial charge in [0.15, 0.2) is 6.61 Å². The molecule has 2 aromatic rings. The zero-order valence-corrected chi connectivity index (χ0v) is 28.1. The lowest BCUT2D eigenvalue weighted by Gasteiger charge is -2.18. The van der Waals surface area contributed by atoms with Gasteiger partial charge in [0.1, 0.15) is 11.5 Å². The number of unbranched alkanes of at least 4 members (excludes halogenated alkanes) is 11. The quantitative estimate of drug-likeness (QED) is 0.142. The molecule has 0 radical (unpaired) electrons. The first-order valence-corrected chi connectivity index (χ1v) is 16.4. The Morgan fingerprint density at radius 2 is 1.59 bits per heavy atom. The first kappa shape index (κ1) is 35.4. The number of nitrogens with one attached hydrogen (secondary N) is 1. The number of anilines is 1. The molecule has 228 valence electrons. The molecule has 0 fully saturated rings. The van der Waals surface area contributed by atoms with Crippen molar-refractivity contribution in [2.45, 2.75) is 97.4 Å². The Bertz CT molecular complexity index is 1070. The molecule has 8 heteroatoms. The van der Waals surface area contributed by atoms with Crippen molar-refractivity contribution in [1.82, 2.24) is 4.90 Å². The van der Waals surface area contributed by atoms with E-state index in [0.717, 1.165) is 35.8 Å². The van der Waals surface area contributed by atoms with E-state index < -0.39 is 0 Å². The van der Waals surface area contributed by atoms with E-state index in [1.807, 2.05) is 42.1 Å². The third kappa shape index (κ3) is 14.3. The van der Waals surface area contributed by atoms with Crippen LogP contribution in [0, 0.1) is 0 Å². The standard InChI is InChI=1S/C33H47ClN2O3S.BrH/c1-3-4-5-6-7-8-9-10-11-12-13-16-21-38-29-19-20-32(30(34)22-29)39-25-33(37)35-31-18-15-14-17-28(31)24-36-23-27(2)40-26-36;/h14-15,17-20,22-23H,3-13,16,21,24-26H2,1-2H3,(H,35,37);1H. The van der Waals surface area contributed by atoms with E-state index in [-0.39, 0.29) is 29.5 Å². The molecule has 2 aromatic carbocycles. The van der Waals surface area contributed by atoms with Crippen molar-refractivity contribution in [3.8, 4) is 11.5 Å². The van der Waals surface area contributed by atoms with Crippen LogP contribution in [0.1, 0.15) is 96.5 Å². The molecular formula is C33H48BrClN2O3S. The number of ether oxygens (including phenoxy) is 2.